The molecule has 6 nitrogen and oxygen atoms in total. The Morgan fingerprint density at radius 2 is 1.79 bits per heavy atom. The van der Waals surface area contributed by atoms with Crippen molar-refractivity contribution >= 4 is 16.7 Å². The molecule has 0 spiro atoms. The van der Waals surface area contributed by atoms with Gasteiger partial charge in [-0.25, -0.2) is 9.97 Å². The van der Waals surface area contributed by atoms with E-state index in [2.05, 4.69) is 15.0 Å². The average molecular weight is 336 g/mol. The Balaban J connectivity index is 0.000000185. The van der Waals surface area contributed by atoms with Gasteiger partial charge in [0, 0.05) is 29.5 Å². The molecule has 0 bridgehead atoms. The Hall–Kier alpha value is -3.23. The molecular formula is C15H11F3N4O2. The molecule has 1 aromatic carbocycles. The fourth-order valence-electron chi connectivity index (χ4n) is 1.78. The molecule has 0 fully saturated rings. The molecule has 0 aliphatic heterocycles. The van der Waals surface area contributed by atoms with E-state index in [9.17, 15) is 22.8 Å². The van der Waals surface area contributed by atoms with Crippen LogP contribution in [0.1, 0.15) is 15.9 Å². The molecule has 0 saturated carbocycles. The zero-order chi connectivity index (χ0) is 17.7. The quantitative estimate of drug-likeness (QED) is 0.710. The van der Waals surface area contributed by atoms with Crippen LogP contribution < -0.4 is 11.3 Å². The van der Waals surface area contributed by atoms with E-state index in [1.54, 1.807) is 24.4 Å². The number of primary amides is 1. The summed E-state index contributed by atoms with van der Waals surface area (Å²) in [6, 6.07) is 6.56. The summed E-state index contributed by atoms with van der Waals surface area (Å²) >= 11 is 0. The summed E-state index contributed by atoms with van der Waals surface area (Å²) in [6.07, 6.45) is -0.259. The lowest BCUT2D eigenvalue weighted by atomic mass is 10.1. The van der Waals surface area contributed by atoms with Crippen LogP contribution in [0, 0.1) is 0 Å². The molecule has 24 heavy (non-hydrogen) atoms. The van der Waals surface area contributed by atoms with Gasteiger partial charge in [0.1, 0.15) is 6.33 Å². The predicted molar refractivity (Wildman–Crippen MR) is 80.1 cm³/mol. The normalized spacial score (nSPS) is 10.8. The summed E-state index contributed by atoms with van der Waals surface area (Å²) in [5.74, 6) is -0.532. The van der Waals surface area contributed by atoms with Gasteiger partial charge in [-0.05, 0) is 23.6 Å². The van der Waals surface area contributed by atoms with E-state index in [0.29, 0.717) is 10.9 Å². The molecule has 0 aliphatic rings. The number of nitrogens with one attached hydrogen (secondary N) is 1. The van der Waals surface area contributed by atoms with Gasteiger partial charge in [-0.1, -0.05) is 6.07 Å². The SMILES string of the molecule is FC(F)(F)c1cncnc1.NC(=O)c1ccc2cc[nH]c(=O)c2c1. The second-order valence-electron chi connectivity index (χ2n) is 4.60. The van der Waals surface area contributed by atoms with E-state index in [4.69, 9.17) is 5.73 Å². The fourth-order valence-corrected chi connectivity index (χ4v) is 1.78. The van der Waals surface area contributed by atoms with E-state index in [1.807, 2.05) is 0 Å². The molecule has 3 N–H and O–H groups in total. The van der Waals surface area contributed by atoms with Gasteiger partial charge in [0.25, 0.3) is 5.56 Å². The molecule has 0 saturated heterocycles. The van der Waals surface area contributed by atoms with Gasteiger partial charge < -0.3 is 10.7 Å². The van der Waals surface area contributed by atoms with Gasteiger partial charge in [-0.2, -0.15) is 13.2 Å². The third-order valence-corrected chi connectivity index (χ3v) is 2.95. The van der Waals surface area contributed by atoms with Gasteiger partial charge in [-0.15, -0.1) is 0 Å². The zero-order valence-electron chi connectivity index (χ0n) is 12.0. The first kappa shape index (κ1) is 17.1. The number of aromatic nitrogens is 3. The van der Waals surface area contributed by atoms with Gasteiger partial charge in [0.05, 0.1) is 5.56 Å². The molecule has 2 heterocycles. The van der Waals surface area contributed by atoms with Crippen LogP contribution >= 0.6 is 0 Å². The second kappa shape index (κ2) is 6.90. The number of pyridine rings is 1. The largest absolute Gasteiger partial charge is 0.419 e. The van der Waals surface area contributed by atoms with E-state index in [-0.39, 0.29) is 5.56 Å². The maximum absolute atomic E-state index is 11.7. The van der Waals surface area contributed by atoms with E-state index in [1.165, 1.54) is 6.07 Å². The van der Waals surface area contributed by atoms with Crippen LogP contribution in [-0.2, 0) is 6.18 Å². The molecule has 3 rings (SSSR count). The number of aromatic amines is 1. The molecule has 9 heteroatoms. The number of carbonyl (C=O) groups excluding carboxylic acids is 1. The number of benzene rings is 1. The Morgan fingerprint density at radius 1 is 1.12 bits per heavy atom. The van der Waals surface area contributed by atoms with Crippen LogP contribution in [0.4, 0.5) is 13.2 Å². The van der Waals surface area contributed by atoms with Gasteiger partial charge in [-0.3, -0.25) is 9.59 Å². The fraction of sp³-hybridized carbons (Fsp3) is 0.0667. The third kappa shape index (κ3) is 4.15. The Morgan fingerprint density at radius 3 is 2.33 bits per heavy atom. The van der Waals surface area contributed by atoms with Crippen LogP contribution in [-0.4, -0.2) is 20.9 Å². The Kier molecular flexibility index (Phi) is 4.93. The standard InChI is InChI=1S/C10H8N2O2.C5H3F3N2/c11-9(13)7-2-1-6-3-4-12-10(14)8(6)5-7;6-5(7,8)4-1-9-3-10-2-4/h1-5H,(H2,11,13)(H,12,14);1-3H. The predicted octanol–water partition coefficient (Wildman–Crippen LogP) is 2.12. The molecular weight excluding hydrogens is 325 g/mol. The smallest absolute Gasteiger partial charge is 0.366 e. The number of carbonyl (C=O) groups is 1. The van der Waals surface area contributed by atoms with Gasteiger partial charge in [0.2, 0.25) is 5.91 Å². The first-order chi connectivity index (χ1) is 11.3. The van der Waals surface area contributed by atoms with Crippen molar-refractivity contribution in [2.75, 3.05) is 0 Å². The highest BCUT2D eigenvalue weighted by Gasteiger charge is 2.30. The lowest BCUT2D eigenvalue weighted by Crippen LogP contribution is -2.12. The Bertz CT molecular complexity index is 908. The van der Waals surface area contributed by atoms with Crippen molar-refractivity contribution in [1.82, 2.24) is 15.0 Å². The summed E-state index contributed by atoms with van der Waals surface area (Å²) in [7, 11) is 0. The molecule has 124 valence electrons. The molecule has 0 atom stereocenters. The maximum atomic E-state index is 11.7. The number of H-pyrrole nitrogens is 1. The highest BCUT2D eigenvalue weighted by Crippen LogP contribution is 2.27. The second-order valence-corrected chi connectivity index (χ2v) is 4.60. The number of alkyl halides is 3. The molecule has 0 radical (unpaired) electrons. The molecule has 0 aliphatic carbocycles. The van der Waals surface area contributed by atoms with Gasteiger partial charge >= 0.3 is 6.18 Å². The van der Waals surface area contributed by atoms with E-state index in [0.717, 1.165) is 24.1 Å². The highest BCUT2D eigenvalue weighted by molar-refractivity contribution is 5.97. The minimum Gasteiger partial charge on any atom is -0.366 e. The number of halogens is 3. The first-order valence-corrected chi connectivity index (χ1v) is 6.52. The lowest BCUT2D eigenvalue weighted by molar-refractivity contribution is -0.138. The van der Waals surface area contributed by atoms with Crippen LogP contribution in [0.15, 0.2) is 54.0 Å². The number of amides is 1. The van der Waals surface area contributed by atoms with E-state index >= 15 is 0 Å². The molecule has 2 aromatic heterocycles. The van der Waals surface area contributed by atoms with Crippen molar-refractivity contribution < 1.29 is 18.0 Å². The number of fused-ring (bicyclic) bond motifs is 1. The van der Waals surface area contributed by atoms with Crippen LogP contribution in [0.3, 0.4) is 0 Å². The molecule has 0 unspecified atom stereocenters. The van der Waals surface area contributed by atoms with E-state index < -0.39 is 17.6 Å². The van der Waals surface area contributed by atoms with Crippen molar-refractivity contribution in [2.45, 2.75) is 6.18 Å². The topological polar surface area (TPSA) is 102 Å². The molecule has 1 amide bonds. The number of hydrogen-bond acceptors (Lipinski definition) is 4. The lowest BCUT2D eigenvalue weighted by Gasteiger charge is -2.02. The van der Waals surface area contributed by atoms with Crippen LogP contribution in [0.25, 0.3) is 10.8 Å². The number of hydrogen-bond donors (Lipinski definition) is 2. The highest BCUT2D eigenvalue weighted by atomic mass is 19.4. The van der Waals surface area contributed by atoms with Crippen molar-refractivity contribution in [2.24, 2.45) is 5.73 Å². The summed E-state index contributed by atoms with van der Waals surface area (Å²) in [5, 5.41) is 1.27. The number of rotatable bonds is 1. The molecule has 3 aromatic rings. The Labute approximate surface area is 133 Å². The minimum atomic E-state index is -4.33. The number of nitrogens with two attached hydrogens (primary N) is 1. The minimum absolute atomic E-state index is 0.217. The van der Waals surface area contributed by atoms with Crippen molar-refractivity contribution in [3.63, 3.8) is 0 Å². The van der Waals surface area contributed by atoms with Crippen molar-refractivity contribution in [3.8, 4) is 0 Å². The first-order valence-electron chi connectivity index (χ1n) is 6.52. The summed E-state index contributed by atoms with van der Waals surface area (Å²) in [6.45, 7) is 0. The van der Waals surface area contributed by atoms with Crippen molar-refractivity contribution in [3.05, 3.63) is 70.7 Å². The average Bonchev–Trinajstić information content (AvgIpc) is 2.55. The number of nitrogens with zero attached hydrogens (tertiary/aromatic N) is 2. The van der Waals surface area contributed by atoms with Gasteiger partial charge in [0.15, 0.2) is 0 Å². The van der Waals surface area contributed by atoms with Crippen LogP contribution in [0.5, 0.6) is 0 Å². The summed E-state index contributed by atoms with van der Waals surface area (Å²) < 4.78 is 35.1. The maximum Gasteiger partial charge on any atom is 0.419 e. The van der Waals surface area contributed by atoms with Crippen LogP contribution in [0.2, 0.25) is 0 Å². The summed E-state index contributed by atoms with van der Waals surface area (Å²) in [5.41, 5.74) is 4.40. The third-order valence-electron chi connectivity index (χ3n) is 2.95. The monoisotopic (exact) mass is 336 g/mol. The summed E-state index contributed by atoms with van der Waals surface area (Å²) in [4.78, 5) is 31.2. The van der Waals surface area contributed by atoms with Crippen molar-refractivity contribution in [1.29, 1.82) is 0 Å². The zero-order valence-corrected chi connectivity index (χ0v) is 12.0.